The van der Waals surface area contributed by atoms with Crippen molar-refractivity contribution in [2.75, 3.05) is 36.9 Å². The topological polar surface area (TPSA) is 136 Å². The monoisotopic (exact) mass is 485 g/mol. The molecule has 33 heavy (non-hydrogen) atoms. The van der Waals surface area contributed by atoms with Gasteiger partial charge in [-0.2, -0.15) is 23.5 Å². The smallest absolute Gasteiger partial charge is 0.379 e. The minimum Gasteiger partial charge on any atom is -0.379 e. The normalized spacial score (nSPS) is 16.9. The number of anilines is 2. The van der Waals surface area contributed by atoms with Gasteiger partial charge in [0.1, 0.15) is 16.5 Å². The predicted octanol–water partition coefficient (Wildman–Crippen LogP) is 2.04. The van der Waals surface area contributed by atoms with E-state index in [-0.39, 0.29) is 31.6 Å². The van der Waals surface area contributed by atoms with Crippen LogP contribution in [0.5, 0.6) is 0 Å². The van der Waals surface area contributed by atoms with E-state index in [9.17, 15) is 22.8 Å². The third-order valence-corrected chi connectivity index (χ3v) is 5.69. The third kappa shape index (κ3) is 6.65. The summed E-state index contributed by atoms with van der Waals surface area (Å²) in [5, 5.41) is 20.5. The maximum Gasteiger partial charge on any atom is 0.423 e. The van der Waals surface area contributed by atoms with E-state index in [1.54, 1.807) is 16.9 Å². The van der Waals surface area contributed by atoms with Crippen LogP contribution in [0.3, 0.4) is 0 Å². The van der Waals surface area contributed by atoms with Crippen LogP contribution in [-0.4, -0.2) is 64.4 Å². The number of carbonyl (C=O) groups excluding carboxylic acids is 1. The molecule has 14 heteroatoms. The van der Waals surface area contributed by atoms with Gasteiger partial charge >= 0.3 is 6.18 Å². The number of halogens is 3. The molecule has 0 radical (unpaired) electrons. The number of hydrogen-bond acceptors (Lipinski definition) is 9. The largest absolute Gasteiger partial charge is 0.423 e. The van der Waals surface area contributed by atoms with Crippen LogP contribution in [0.15, 0.2) is 17.2 Å². The number of ether oxygens (including phenoxy) is 1. The Morgan fingerprint density at radius 2 is 2.27 bits per heavy atom. The molecule has 2 unspecified atom stereocenters. The van der Waals surface area contributed by atoms with E-state index >= 15 is 0 Å². The van der Waals surface area contributed by atoms with E-state index in [2.05, 4.69) is 20.7 Å². The van der Waals surface area contributed by atoms with Gasteiger partial charge in [0.2, 0.25) is 5.91 Å². The summed E-state index contributed by atoms with van der Waals surface area (Å²) in [5.41, 5.74) is -3.11. The van der Waals surface area contributed by atoms with E-state index in [0.29, 0.717) is 23.1 Å². The molecule has 0 bridgehead atoms. The molecule has 1 fully saturated rings. The first kappa shape index (κ1) is 24.5. The van der Waals surface area contributed by atoms with Gasteiger partial charge in [-0.3, -0.25) is 9.59 Å². The van der Waals surface area contributed by atoms with Gasteiger partial charge in [0.05, 0.1) is 37.7 Å². The van der Waals surface area contributed by atoms with E-state index in [0.717, 1.165) is 12.6 Å². The zero-order valence-corrected chi connectivity index (χ0v) is 18.4. The summed E-state index contributed by atoms with van der Waals surface area (Å²) in [6.45, 7) is 2.83. The van der Waals surface area contributed by atoms with Gasteiger partial charge in [0, 0.05) is 25.2 Å². The molecule has 1 amide bonds. The van der Waals surface area contributed by atoms with Gasteiger partial charge in [-0.05, 0) is 13.3 Å². The van der Waals surface area contributed by atoms with Crippen molar-refractivity contribution in [1.29, 1.82) is 5.26 Å². The van der Waals surface area contributed by atoms with Crippen LogP contribution in [0.2, 0.25) is 0 Å². The van der Waals surface area contributed by atoms with Crippen molar-refractivity contribution < 1.29 is 22.7 Å². The number of amides is 1. The number of likely N-dealkylation sites (tertiary alicyclic amines) is 1. The predicted molar refractivity (Wildman–Crippen MR) is 114 cm³/mol. The fraction of sp³-hybridized carbons (Fsp3) is 0.526. The molecule has 0 saturated carbocycles. The number of thiazole rings is 1. The van der Waals surface area contributed by atoms with E-state index in [1.165, 1.54) is 17.5 Å². The van der Waals surface area contributed by atoms with Crippen molar-refractivity contribution in [3.63, 3.8) is 0 Å². The molecule has 2 atom stereocenters. The first-order valence-corrected chi connectivity index (χ1v) is 10.9. The van der Waals surface area contributed by atoms with E-state index in [4.69, 9.17) is 10.00 Å². The van der Waals surface area contributed by atoms with Crippen LogP contribution in [0.4, 0.5) is 24.0 Å². The Morgan fingerprint density at radius 1 is 1.48 bits per heavy atom. The van der Waals surface area contributed by atoms with Crippen molar-refractivity contribution >= 4 is 28.1 Å². The van der Waals surface area contributed by atoms with Crippen LogP contribution in [0, 0.1) is 11.3 Å². The van der Waals surface area contributed by atoms with Crippen LogP contribution in [-0.2, 0) is 15.7 Å². The molecular weight excluding hydrogens is 463 g/mol. The van der Waals surface area contributed by atoms with Crippen LogP contribution in [0.1, 0.15) is 30.2 Å². The lowest BCUT2D eigenvalue weighted by Gasteiger charge is -2.19. The second-order valence-electron chi connectivity index (χ2n) is 7.47. The second-order valence-corrected chi connectivity index (χ2v) is 8.50. The number of H-pyrrole nitrogens is 1. The average Bonchev–Trinajstić information content (AvgIpc) is 3.40. The molecule has 10 nitrogen and oxygen atoms in total. The summed E-state index contributed by atoms with van der Waals surface area (Å²) < 4.78 is 44.7. The number of rotatable bonds is 9. The lowest BCUT2D eigenvalue weighted by atomic mass is 10.2. The molecule has 0 aliphatic carbocycles. The first-order valence-electron chi connectivity index (χ1n) is 10.1. The molecular formula is C19H22F3N7O3S. The van der Waals surface area contributed by atoms with E-state index < -0.39 is 29.0 Å². The molecule has 178 valence electrons. The summed E-state index contributed by atoms with van der Waals surface area (Å²) in [4.78, 5) is 30.2. The molecule has 0 spiro atoms. The van der Waals surface area contributed by atoms with Crippen molar-refractivity contribution in [3.8, 4) is 6.07 Å². The highest BCUT2D eigenvalue weighted by Crippen LogP contribution is 2.31. The highest BCUT2D eigenvalue weighted by Gasteiger charge is 2.37. The van der Waals surface area contributed by atoms with Crippen LogP contribution < -0.4 is 16.2 Å². The number of nitrogens with one attached hydrogen (secondary N) is 3. The molecule has 3 rings (SSSR count). The number of nitrogens with zero attached hydrogens (tertiary/aromatic N) is 4. The average molecular weight is 485 g/mol. The molecule has 1 aliphatic rings. The molecule has 2 aromatic heterocycles. The van der Waals surface area contributed by atoms with Crippen molar-refractivity contribution in [2.45, 2.75) is 38.0 Å². The van der Waals surface area contributed by atoms with Crippen molar-refractivity contribution in [1.82, 2.24) is 20.1 Å². The zero-order valence-electron chi connectivity index (χ0n) is 17.6. The van der Waals surface area contributed by atoms with Crippen molar-refractivity contribution in [2.24, 2.45) is 0 Å². The molecule has 0 aromatic carbocycles. The number of aromatic amines is 1. The number of aromatic nitrogens is 3. The van der Waals surface area contributed by atoms with Crippen LogP contribution in [0.25, 0.3) is 0 Å². The summed E-state index contributed by atoms with van der Waals surface area (Å²) in [6.07, 6.45) is -1.55. The lowest BCUT2D eigenvalue weighted by Crippen LogP contribution is -2.32. The van der Waals surface area contributed by atoms with Gasteiger partial charge < -0.3 is 20.3 Å². The highest BCUT2D eigenvalue weighted by atomic mass is 32.1. The Hall–Kier alpha value is -3.18. The Morgan fingerprint density at radius 3 is 2.97 bits per heavy atom. The van der Waals surface area contributed by atoms with Crippen molar-refractivity contribution in [3.05, 3.63) is 33.2 Å². The highest BCUT2D eigenvalue weighted by molar-refractivity contribution is 7.16. The fourth-order valence-corrected chi connectivity index (χ4v) is 4.04. The summed E-state index contributed by atoms with van der Waals surface area (Å²) in [6, 6.07) is 1.52. The Labute approximate surface area is 190 Å². The third-order valence-electron chi connectivity index (χ3n) is 4.85. The van der Waals surface area contributed by atoms with Crippen LogP contribution >= 0.6 is 11.3 Å². The number of carbonyl (C=O) groups is 1. The lowest BCUT2D eigenvalue weighted by molar-refractivity contribution is -0.138. The first-order chi connectivity index (χ1) is 15.7. The Balaban J connectivity index is 1.39. The standard InChI is InChI=1S/C19H22F3N7O3S/c1-11(26-14-8-25-28-17(31)16(14)19(20,21)22)10-32-5-3-15(30)29-4-2-12(9-29)27-18-24-7-13(6-23)33-18/h7-8,11-12H,2-5,9-10H2,1H3,(H,24,27)(H2,26,28,31). The van der Waals surface area contributed by atoms with Gasteiger partial charge in [-0.1, -0.05) is 11.3 Å². The SMILES string of the molecule is CC(COCCC(=O)N1CCC(Nc2ncc(C#N)s2)C1)Nc1cn[nH]c(=O)c1C(F)(F)F. The fourth-order valence-electron chi connectivity index (χ4n) is 3.35. The van der Waals surface area contributed by atoms with Gasteiger partial charge in [-0.25, -0.2) is 10.1 Å². The van der Waals surface area contributed by atoms with Gasteiger partial charge in [0.25, 0.3) is 5.56 Å². The summed E-state index contributed by atoms with van der Waals surface area (Å²) >= 11 is 1.25. The zero-order chi connectivity index (χ0) is 24.0. The van der Waals surface area contributed by atoms with E-state index in [1.807, 2.05) is 6.07 Å². The number of nitriles is 1. The quantitative estimate of drug-likeness (QED) is 0.459. The Bertz CT molecular complexity index is 1070. The summed E-state index contributed by atoms with van der Waals surface area (Å²) in [7, 11) is 0. The maximum atomic E-state index is 13.1. The molecule has 3 heterocycles. The number of alkyl halides is 3. The molecule has 3 N–H and O–H groups in total. The molecule has 1 saturated heterocycles. The van der Waals surface area contributed by atoms with Gasteiger partial charge in [0.15, 0.2) is 5.13 Å². The Kier molecular flexibility index (Phi) is 7.88. The minimum absolute atomic E-state index is 0.0346. The summed E-state index contributed by atoms with van der Waals surface area (Å²) in [5.74, 6) is -0.0880. The molecule has 1 aliphatic heterocycles. The second kappa shape index (κ2) is 10.6. The molecule has 2 aromatic rings. The minimum atomic E-state index is -4.83. The number of hydrogen-bond donors (Lipinski definition) is 3. The van der Waals surface area contributed by atoms with Gasteiger partial charge in [-0.15, -0.1) is 0 Å². The maximum absolute atomic E-state index is 13.1.